The molecular weight excluding hydrogens is 348 g/mol. The zero-order valence-corrected chi connectivity index (χ0v) is 16.0. The highest BCUT2D eigenvalue weighted by molar-refractivity contribution is 6.11. The third-order valence-corrected chi connectivity index (χ3v) is 6.10. The van der Waals surface area contributed by atoms with E-state index in [1.165, 1.54) is 30.2 Å². The van der Waals surface area contributed by atoms with Gasteiger partial charge in [0.15, 0.2) is 17.3 Å². The highest BCUT2D eigenvalue weighted by atomic mass is 16.5. The van der Waals surface area contributed by atoms with Crippen molar-refractivity contribution in [1.82, 2.24) is 9.80 Å². The van der Waals surface area contributed by atoms with E-state index in [0.717, 1.165) is 37.0 Å². The van der Waals surface area contributed by atoms with Crippen molar-refractivity contribution in [1.29, 1.82) is 0 Å². The Morgan fingerprint density at radius 1 is 1.26 bits per heavy atom. The number of methoxy groups -OCH3 is 1. The first kappa shape index (κ1) is 19.2. The van der Waals surface area contributed by atoms with Crippen LogP contribution in [-0.4, -0.2) is 58.9 Å². The van der Waals surface area contributed by atoms with Gasteiger partial charge in [-0.2, -0.15) is 0 Å². The van der Waals surface area contributed by atoms with Crippen molar-refractivity contribution in [3.05, 3.63) is 23.8 Å². The number of ether oxygens (including phenoxy) is 1. The quantitative estimate of drug-likeness (QED) is 0.633. The van der Waals surface area contributed by atoms with E-state index in [-0.39, 0.29) is 35.4 Å². The summed E-state index contributed by atoms with van der Waals surface area (Å²) in [5.74, 6) is -0.516. The van der Waals surface area contributed by atoms with Crippen molar-refractivity contribution in [2.45, 2.75) is 44.6 Å². The van der Waals surface area contributed by atoms with Crippen LogP contribution >= 0.6 is 0 Å². The van der Waals surface area contributed by atoms with Crippen molar-refractivity contribution >= 4 is 17.7 Å². The number of likely N-dealkylation sites (N-methyl/N-ethyl adjacent to an activating group) is 1. The van der Waals surface area contributed by atoms with Gasteiger partial charge in [0.05, 0.1) is 13.7 Å². The average Bonchev–Trinajstić information content (AvgIpc) is 2.84. The molecule has 0 aromatic heterocycles. The fourth-order valence-corrected chi connectivity index (χ4v) is 4.23. The van der Waals surface area contributed by atoms with Gasteiger partial charge in [0.1, 0.15) is 5.54 Å². The lowest BCUT2D eigenvalue weighted by Gasteiger charge is -2.38. The lowest BCUT2D eigenvalue weighted by molar-refractivity contribution is -0.135. The van der Waals surface area contributed by atoms with Crippen LogP contribution in [0.15, 0.2) is 18.2 Å². The van der Waals surface area contributed by atoms with E-state index in [1.54, 1.807) is 7.05 Å². The number of benzene rings is 1. The maximum absolute atomic E-state index is 13.1. The van der Waals surface area contributed by atoms with E-state index in [1.807, 2.05) is 6.92 Å². The fourth-order valence-electron chi connectivity index (χ4n) is 4.23. The van der Waals surface area contributed by atoms with Gasteiger partial charge in [-0.3, -0.25) is 14.5 Å². The maximum Gasteiger partial charge on any atom is 0.327 e. The van der Waals surface area contributed by atoms with Crippen molar-refractivity contribution in [2.24, 2.45) is 5.92 Å². The molecule has 2 fully saturated rings. The molecule has 7 nitrogen and oxygen atoms in total. The molecule has 1 saturated heterocycles. The van der Waals surface area contributed by atoms with Gasteiger partial charge in [0.2, 0.25) is 0 Å². The second kappa shape index (κ2) is 7.21. The highest BCUT2D eigenvalue weighted by Crippen LogP contribution is 2.41. The number of hydrogen-bond donors (Lipinski definition) is 1. The zero-order chi connectivity index (χ0) is 19.8. The molecule has 146 valence electrons. The number of hydrogen-bond acceptors (Lipinski definition) is 5. The standard InChI is InChI=1S/C20H26N2O5/c1-20(14-7-5-4-6-8-14)18(25)22(19(26)21(20)2)12-16(24)13-9-10-17(27-3)15(23)11-13/h9-11,14,23H,4-8,12H2,1-3H3. The Labute approximate surface area is 158 Å². The molecule has 2 aliphatic rings. The predicted octanol–water partition coefficient (Wildman–Crippen LogP) is 2.82. The Bertz CT molecular complexity index is 772. The molecule has 1 aliphatic carbocycles. The van der Waals surface area contributed by atoms with Gasteiger partial charge in [0.25, 0.3) is 5.91 Å². The van der Waals surface area contributed by atoms with E-state index in [4.69, 9.17) is 4.74 Å². The minimum Gasteiger partial charge on any atom is -0.504 e. The number of ketones is 1. The summed E-state index contributed by atoms with van der Waals surface area (Å²) < 4.78 is 4.97. The van der Waals surface area contributed by atoms with Gasteiger partial charge in [0, 0.05) is 12.6 Å². The Kier molecular flexibility index (Phi) is 5.13. The fraction of sp³-hybridized carbons (Fsp3) is 0.550. The third kappa shape index (κ3) is 3.15. The zero-order valence-electron chi connectivity index (χ0n) is 16.0. The first-order valence-electron chi connectivity index (χ1n) is 9.30. The van der Waals surface area contributed by atoms with E-state index in [9.17, 15) is 19.5 Å². The summed E-state index contributed by atoms with van der Waals surface area (Å²) in [4.78, 5) is 41.0. The summed E-state index contributed by atoms with van der Waals surface area (Å²) in [7, 11) is 3.05. The molecule has 7 heteroatoms. The normalized spacial score (nSPS) is 23.8. The Morgan fingerprint density at radius 2 is 1.93 bits per heavy atom. The molecule has 1 aliphatic heterocycles. The third-order valence-electron chi connectivity index (χ3n) is 6.10. The van der Waals surface area contributed by atoms with Crippen LogP contribution < -0.4 is 4.74 Å². The average molecular weight is 374 g/mol. The molecule has 0 radical (unpaired) electrons. The summed E-state index contributed by atoms with van der Waals surface area (Å²) in [6.07, 6.45) is 5.09. The van der Waals surface area contributed by atoms with Crippen LogP contribution in [0.1, 0.15) is 49.4 Å². The molecule has 1 saturated carbocycles. The molecule has 1 N–H and O–H groups in total. The Balaban J connectivity index is 1.80. The van der Waals surface area contributed by atoms with Crippen molar-refractivity contribution in [3.8, 4) is 11.5 Å². The number of aromatic hydroxyl groups is 1. The van der Waals surface area contributed by atoms with Gasteiger partial charge in [-0.25, -0.2) is 4.79 Å². The second-order valence-electron chi connectivity index (χ2n) is 7.53. The van der Waals surface area contributed by atoms with Crippen LogP contribution in [0.2, 0.25) is 0 Å². The topological polar surface area (TPSA) is 87.2 Å². The SMILES string of the molecule is COc1ccc(C(=O)CN2C(=O)N(C)C(C)(C3CCCCC3)C2=O)cc1O. The minimum atomic E-state index is -0.903. The smallest absolute Gasteiger partial charge is 0.327 e. The second-order valence-corrected chi connectivity index (χ2v) is 7.53. The largest absolute Gasteiger partial charge is 0.504 e. The first-order valence-corrected chi connectivity index (χ1v) is 9.30. The van der Waals surface area contributed by atoms with Gasteiger partial charge in [-0.1, -0.05) is 19.3 Å². The molecule has 1 aromatic rings. The van der Waals surface area contributed by atoms with Crippen LogP contribution in [0, 0.1) is 5.92 Å². The number of carbonyl (C=O) groups excluding carboxylic acids is 3. The van der Waals surface area contributed by atoms with E-state index in [0.29, 0.717) is 0 Å². The van der Waals surface area contributed by atoms with Crippen LogP contribution in [0.4, 0.5) is 4.79 Å². The minimum absolute atomic E-state index is 0.109. The molecule has 1 heterocycles. The summed E-state index contributed by atoms with van der Waals surface area (Å²) >= 11 is 0. The van der Waals surface area contributed by atoms with Gasteiger partial charge < -0.3 is 14.7 Å². The molecule has 0 spiro atoms. The van der Waals surface area contributed by atoms with Crippen LogP contribution in [0.5, 0.6) is 11.5 Å². The van der Waals surface area contributed by atoms with Crippen molar-refractivity contribution in [3.63, 3.8) is 0 Å². The molecule has 3 rings (SSSR count). The summed E-state index contributed by atoms with van der Waals surface area (Å²) in [6, 6.07) is 3.83. The molecule has 3 amide bonds. The van der Waals surface area contributed by atoms with Crippen LogP contribution in [0.3, 0.4) is 0 Å². The number of phenols is 1. The number of nitrogens with zero attached hydrogens (tertiary/aromatic N) is 2. The molecule has 27 heavy (non-hydrogen) atoms. The lowest BCUT2D eigenvalue weighted by Crippen LogP contribution is -2.52. The van der Waals surface area contributed by atoms with Crippen LogP contribution in [0.25, 0.3) is 0 Å². The van der Waals surface area contributed by atoms with Crippen molar-refractivity contribution < 1.29 is 24.2 Å². The molecule has 0 bridgehead atoms. The maximum atomic E-state index is 13.1. The number of amides is 3. The van der Waals surface area contributed by atoms with E-state index in [2.05, 4.69) is 0 Å². The number of Topliss-reactive ketones (excluding diaryl/α,β-unsaturated/α-hetero) is 1. The molecule has 1 atom stereocenters. The monoisotopic (exact) mass is 374 g/mol. The van der Waals surface area contributed by atoms with Crippen molar-refractivity contribution in [2.75, 3.05) is 20.7 Å². The molecule has 1 aromatic carbocycles. The lowest BCUT2D eigenvalue weighted by atomic mass is 9.75. The van der Waals surface area contributed by atoms with Crippen LogP contribution in [-0.2, 0) is 4.79 Å². The summed E-state index contributed by atoms with van der Waals surface area (Å²) in [5, 5.41) is 9.87. The van der Waals surface area contributed by atoms with Gasteiger partial charge in [-0.05, 0) is 43.9 Å². The molecular formula is C20H26N2O5. The van der Waals surface area contributed by atoms with Gasteiger partial charge >= 0.3 is 6.03 Å². The van der Waals surface area contributed by atoms with E-state index < -0.39 is 17.4 Å². The van der Waals surface area contributed by atoms with E-state index >= 15 is 0 Å². The summed E-state index contributed by atoms with van der Waals surface area (Å²) in [5.41, 5.74) is -0.678. The summed E-state index contributed by atoms with van der Waals surface area (Å²) in [6.45, 7) is 1.48. The van der Waals surface area contributed by atoms with Gasteiger partial charge in [-0.15, -0.1) is 0 Å². The number of imide groups is 1. The number of phenolic OH excluding ortho intramolecular Hbond substituents is 1. The number of urea groups is 1. The molecule has 1 unspecified atom stereocenters. The number of rotatable bonds is 5. The Morgan fingerprint density at radius 3 is 2.52 bits per heavy atom. The Hall–Kier alpha value is -2.57. The predicted molar refractivity (Wildman–Crippen MR) is 98.8 cm³/mol. The first-order chi connectivity index (χ1) is 12.8. The highest BCUT2D eigenvalue weighted by Gasteiger charge is 2.56. The number of carbonyl (C=O) groups is 3.